The van der Waals surface area contributed by atoms with Gasteiger partial charge in [-0.1, -0.05) is 13.0 Å². The number of hydrogen-bond donors (Lipinski definition) is 2. The molecule has 0 aliphatic heterocycles. The lowest BCUT2D eigenvalue weighted by Gasteiger charge is -2.09. The van der Waals surface area contributed by atoms with Crippen molar-refractivity contribution in [2.75, 3.05) is 11.9 Å². The molecule has 5 heteroatoms. The summed E-state index contributed by atoms with van der Waals surface area (Å²) in [7, 11) is 0. The highest BCUT2D eigenvalue weighted by atomic mass is 35.5. The molecule has 1 amide bonds. The molecule has 0 aromatic heterocycles. The highest BCUT2D eigenvalue weighted by molar-refractivity contribution is 5.94. The third-order valence-corrected chi connectivity index (χ3v) is 1.99. The lowest BCUT2D eigenvalue weighted by molar-refractivity contribution is -0.117. The van der Waals surface area contributed by atoms with Gasteiger partial charge in [0.1, 0.15) is 5.75 Å². The van der Waals surface area contributed by atoms with E-state index < -0.39 is 6.04 Å². The molecule has 4 nitrogen and oxygen atoms in total. The van der Waals surface area contributed by atoms with Crippen molar-refractivity contribution in [2.45, 2.75) is 26.3 Å². The van der Waals surface area contributed by atoms with Crippen molar-refractivity contribution in [2.24, 2.45) is 5.73 Å². The Morgan fingerprint density at radius 3 is 2.82 bits per heavy atom. The number of carbonyl (C=O) groups excluding carboxylic acids is 1. The average Bonchev–Trinajstić information content (AvgIpc) is 2.26. The van der Waals surface area contributed by atoms with Gasteiger partial charge < -0.3 is 15.8 Å². The summed E-state index contributed by atoms with van der Waals surface area (Å²) < 4.78 is 5.46. The average molecular weight is 259 g/mol. The number of nitrogens with two attached hydrogens (primary N) is 1. The second kappa shape index (κ2) is 7.92. The SMILES string of the molecule is CCCOc1cccc(NC(=O)[C@@H](C)N)c1.Cl. The van der Waals surface area contributed by atoms with Crippen LogP contribution in [-0.2, 0) is 4.79 Å². The van der Waals surface area contributed by atoms with E-state index in [1.165, 1.54) is 0 Å². The van der Waals surface area contributed by atoms with Gasteiger partial charge in [-0.25, -0.2) is 0 Å². The van der Waals surface area contributed by atoms with Gasteiger partial charge in [-0.3, -0.25) is 4.79 Å². The lowest BCUT2D eigenvalue weighted by Crippen LogP contribution is -2.32. The Labute approximate surface area is 108 Å². The molecule has 0 spiro atoms. The number of amides is 1. The Kier molecular flexibility index (Phi) is 7.34. The van der Waals surface area contributed by atoms with E-state index in [-0.39, 0.29) is 18.3 Å². The Bertz CT molecular complexity index is 356. The monoisotopic (exact) mass is 258 g/mol. The van der Waals surface area contributed by atoms with Crippen LogP contribution < -0.4 is 15.8 Å². The van der Waals surface area contributed by atoms with Crippen molar-refractivity contribution >= 4 is 24.0 Å². The molecule has 1 rings (SSSR count). The first-order valence-electron chi connectivity index (χ1n) is 5.42. The van der Waals surface area contributed by atoms with E-state index in [4.69, 9.17) is 10.5 Å². The fourth-order valence-corrected chi connectivity index (χ4v) is 1.14. The predicted molar refractivity (Wildman–Crippen MR) is 71.8 cm³/mol. The minimum Gasteiger partial charge on any atom is -0.494 e. The van der Waals surface area contributed by atoms with Crippen molar-refractivity contribution in [1.82, 2.24) is 0 Å². The van der Waals surface area contributed by atoms with Gasteiger partial charge in [0.05, 0.1) is 12.6 Å². The van der Waals surface area contributed by atoms with Crippen molar-refractivity contribution in [3.8, 4) is 5.75 Å². The molecule has 3 N–H and O–H groups in total. The highest BCUT2D eigenvalue weighted by Crippen LogP contribution is 2.17. The normalized spacial score (nSPS) is 11.2. The number of rotatable bonds is 5. The molecule has 0 heterocycles. The lowest BCUT2D eigenvalue weighted by atomic mass is 10.2. The topological polar surface area (TPSA) is 64.3 Å². The predicted octanol–water partition coefficient (Wildman–Crippen LogP) is 2.18. The molecule has 0 bridgehead atoms. The first-order valence-corrected chi connectivity index (χ1v) is 5.42. The summed E-state index contributed by atoms with van der Waals surface area (Å²) in [6, 6.07) is 6.77. The van der Waals surface area contributed by atoms with Crippen LogP contribution in [-0.4, -0.2) is 18.6 Å². The van der Waals surface area contributed by atoms with Crippen LogP contribution in [0.3, 0.4) is 0 Å². The zero-order valence-corrected chi connectivity index (χ0v) is 10.9. The largest absolute Gasteiger partial charge is 0.494 e. The number of carbonyl (C=O) groups is 1. The quantitative estimate of drug-likeness (QED) is 0.851. The molecule has 0 radical (unpaired) electrons. The minimum absolute atomic E-state index is 0. The van der Waals surface area contributed by atoms with Gasteiger partial charge in [0.25, 0.3) is 0 Å². The van der Waals surface area contributed by atoms with E-state index in [1.807, 2.05) is 19.1 Å². The molecule has 0 saturated carbocycles. The van der Waals surface area contributed by atoms with Crippen LogP contribution in [0.15, 0.2) is 24.3 Å². The van der Waals surface area contributed by atoms with Crippen molar-refractivity contribution in [3.05, 3.63) is 24.3 Å². The second-order valence-electron chi connectivity index (χ2n) is 3.65. The molecule has 0 aliphatic carbocycles. The van der Waals surface area contributed by atoms with Crippen LogP contribution in [0.4, 0.5) is 5.69 Å². The van der Waals surface area contributed by atoms with E-state index in [0.29, 0.717) is 12.3 Å². The van der Waals surface area contributed by atoms with Crippen LogP contribution in [0.25, 0.3) is 0 Å². The summed E-state index contributed by atoms with van der Waals surface area (Å²) in [5.41, 5.74) is 6.16. The Morgan fingerprint density at radius 1 is 1.53 bits per heavy atom. The molecular weight excluding hydrogens is 240 g/mol. The number of nitrogens with one attached hydrogen (secondary N) is 1. The molecular formula is C12H19ClN2O2. The molecule has 0 fully saturated rings. The van der Waals surface area contributed by atoms with E-state index in [9.17, 15) is 4.79 Å². The van der Waals surface area contributed by atoms with Crippen molar-refractivity contribution in [3.63, 3.8) is 0 Å². The Balaban J connectivity index is 0.00000256. The molecule has 1 atom stereocenters. The third-order valence-electron chi connectivity index (χ3n) is 1.99. The van der Waals surface area contributed by atoms with E-state index in [0.717, 1.165) is 12.2 Å². The fourth-order valence-electron chi connectivity index (χ4n) is 1.14. The number of hydrogen-bond acceptors (Lipinski definition) is 3. The fraction of sp³-hybridized carbons (Fsp3) is 0.417. The minimum atomic E-state index is -0.514. The summed E-state index contributed by atoms with van der Waals surface area (Å²) in [5.74, 6) is 0.553. The zero-order chi connectivity index (χ0) is 12.0. The van der Waals surface area contributed by atoms with Gasteiger partial charge in [0.2, 0.25) is 5.91 Å². The first-order chi connectivity index (χ1) is 7.63. The molecule has 0 saturated heterocycles. The number of anilines is 1. The van der Waals surface area contributed by atoms with Crippen LogP contribution in [0.1, 0.15) is 20.3 Å². The molecule has 0 unspecified atom stereocenters. The standard InChI is InChI=1S/C12H18N2O2.ClH/c1-3-7-16-11-6-4-5-10(8-11)14-12(15)9(2)13;/h4-6,8-9H,3,7,13H2,1-2H3,(H,14,15);1H/t9-;/m1./s1. The van der Waals surface area contributed by atoms with E-state index >= 15 is 0 Å². The summed E-state index contributed by atoms with van der Waals surface area (Å²) >= 11 is 0. The Hall–Kier alpha value is -1.26. The summed E-state index contributed by atoms with van der Waals surface area (Å²) in [6.07, 6.45) is 0.955. The summed E-state index contributed by atoms with van der Waals surface area (Å²) in [4.78, 5) is 11.4. The van der Waals surface area contributed by atoms with Crippen molar-refractivity contribution < 1.29 is 9.53 Å². The maximum Gasteiger partial charge on any atom is 0.241 e. The molecule has 0 aliphatic rings. The van der Waals surface area contributed by atoms with Crippen molar-refractivity contribution in [1.29, 1.82) is 0 Å². The summed E-state index contributed by atoms with van der Waals surface area (Å²) in [5, 5.41) is 2.71. The van der Waals surface area contributed by atoms with Gasteiger partial charge in [-0.2, -0.15) is 0 Å². The molecule has 1 aromatic rings. The van der Waals surface area contributed by atoms with Gasteiger partial charge in [-0.05, 0) is 25.5 Å². The van der Waals surface area contributed by atoms with Crippen LogP contribution in [0.2, 0.25) is 0 Å². The van der Waals surface area contributed by atoms with Gasteiger partial charge in [0.15, 0.2) is 0 Å². The van der Waals surface area contributed by atoms with Gasteiger partial charge in [0, 0.05) is 11.8 Å². The number of ether oxygens (including phenoxy) is 1. The van der Waals surface area contributed by atoms with E-state index in [2.05, 4.69) is 5.32 Å². The van der Waals surface area contributed by atoms with Gasteiger partial charge >= 0.3 is 0 Å². The molecule has 17 heavy (non-hydrogen) atoms. The van der Waals surface area contributed by atoms with Gasteiger partial charge in [-0.15, -0.1) is 12.4 Å². The third kappa shape index (κ3) is 5.56. The number of benzene rings is 1. The van der Waals surface area contributed by atoms with Crippen LogP contribution >= 0.6 is 12.4 Å². The van der Waals surface area contributed by atoms with Crippen LogP contribution in [0.5, 0.6) is 5.75 Å². The smallest absolute Gasteiger partial charge is 0.241 e. The first kappa shape index (κ1) is 15.7. The second-order valence-corrected chi connectivity index (χ2v) is 3.65. The van der Waals surface area contributed by atoms with Crippen LogP contribution in [0, 0.1) is 0 Å². The number of halogens is 1. The molecule has 96 valence electrons. The Morgan fingerprint density at radius 2 is 2.24 bits per heavy atom. The molecule has 1 aromatic carbocycles. The zero-order valence-electron chi connectivity index (χ0n) is 10.1. The summed E-state index contributed by atoms with van der Waals surface area (Å²) in [6.45, 7) is 4.36. The van der Waals surface area contributed by atoms with E-state index in [1.54, 1.807) is 19.1 Å². The highest BCUT2D eigenvalue weighted by Gasteiger charge is 2.07. The maximum atomic E-state index is 11.4. The maximum absolute atomic E-state index is 11.4.